The molecule has 0 bridgehead atoms. The number of nitrogens with one attached hydrogen (secondary N) is 2. The molecule has 7 nitrogen and oxygen atoms in total. The summed E-state index contributed by atoms with van der Waals surface area (Å²) in [5.41, 5.74) is -0.0825. The van der Waals surface area contributed by atoms with Crippen molar-refractivity contribution >= 4 is 11.8 Å². The van der Waals surface area contributed by atoms with Crippen LogP contribution in [0.2, 0.25) is 0 Å². The summed E-state index contributed by atoms with van der Waals surface area (Å²) < 4.78 is 2.24. The Kier molecular flexibility index (Phi) is 7.49. The van der Waals surface area contributed by atoms with Crippen LogP contribution in [0.4, 0.5) is 0 Å². The molecule has 0 aromatic carbocycles. The number of aryl methyl sites for hydroxylation is 1. The number of carbonyl (C=O) groups excluding carboxylic acids is 2. The van der Waals surface area contributed by atoms with Crippen molar-refractivity contribution in [2.75, 3.05) is 20.6 Å². The van der Waals surface area contributed by atoms with Gasteiger partial charge in [0.25, 0.3) is 5.91 Å². The summed E-state index contributed by atoms with van der Waals surface area (Å²) in [6.07, 6.45) is 5.30. The maximum Gasteiger partial charge on any atom is 0.272 e. The molecule has 0 aliphatic carbocycles. The van der Waals surface area contributed by atoms with Crippen LogP contribution in [0.15, 0.2) is 0 Å². The molecule has 0 radical (unpaired) electrons. The van der Waals surface area contributed by atoms with Crippen molar-refractivity contribution in [1.29, 1.82) is 0 Å². The minimum absolute atomic E-state index is 0.205. The van der Waals surface area contributed by atoms with Gasteiger partial charge in [0.05, 0.1) is 5.69 Å². The van der Waals surface area contributed by atoms with Crippen LogP contribution in [0.25, 0.3) is 0 Å². The number of fused-ring (bicyclic) bond motifs is 1. The van der Waals surface area contributed by atoms with Gasteiger partial charge in [-0.15, -0.1) is 0 Å². The van der Waals surface area contributed by atoms with E-state index in [-0.39, 0.29) is 11.8 Å². The van der Waals surface area contributed by atoms with Crippen molar-refractivity contribution in [2.45, 2.75) is 85.4 Å². The van der Waals surface area contributed by atoms with E-state index in [4.69, 9.17) is 4.98 Å². The molecule has 0 saturated heterocycles. The summed E-state index contributed by atoms with van der Waals surface area (Å²) in [6, 6.07) is 0. The molecule has 1 aromatic rings. The second-order valence-corrected chi connectivity index (χ2v) is 9.43. The number of rotatable bonds is 7. The van der Waals surface area contributed by atoms with Gasteiger partial charge in [-0.3, -0.25) is 9.59 Å². The minimum atomic E-state index is -1.05. The first-order chi connectivity index (χ1) is 13.5. The number of amides is 2. The molecular formula is C22H39N5O2. The fourth-order valence-electron chi connectivity index (χ4n) is 3.82. The maximum absolute atomic E-state index is 13.4. The highest BCUT2D eigenvalue weighted by Gasteiger charge is 2.46. The molecule has 2 N–H and O–H groups in total. The molecule has 1 aliphatic rings. The number of aromatic nitrogens is 2. The summed E-state index contributed by atoms with van der Waals surface area (Å²) in [4.78, 5) is 33.1. The Bertz CT molecular complexity index is 734. The van der Waals surface area contributed by atoms with Gasteiger partial charge in [0.1, 0.15) is 11.4 Å². The third kappa shape index (κ3) is 5.00. The molecule has 7 heteroatoms. The number of unbranched alkanes of at least 4 members (excludes halogenated alkanes) is 2. The van der Waals surface area contributed by atoms with Crippen LogP contribution in [0.3, 0.4) is 0 Å². The van der Waals surface area contributed by atoms with Gasteiger partial charge in [-0.2, -0.15) is 0 Å². The number of nitrogens with zero attached hydrogens (tertiary/aromatic N) is 3. The predicted molar refractivity (Wildman–Crippen MR) is 116 cm³/mol. The second-order valence-electron chi connectivity index (χ2n) is 9.43. The quantitative estimate of drug-likeness (QED) is 0.684. The zero-order valence-electron chi connectivity index (χ0n) is 19.3. The van der Waals surface area contributed by atoms with Crippen molar-refractivity contribution < 1.29 is 9.59 Å². The van der Waals surface area contributed by atoms with Crippen molar-refractivity contribution in [3.05, 3.63) is 17.2 Å². The van der Waals surface area contributed by atoms with E-state index in [0.29, 0.717) is 12.2 Å². The van der Waals surface area contributed by atoms with Crippen LogP contribution in [0.1, 0.15) is 82.3 Å². The lowest BCUT2D eigenvalue weighted by molar-refractivity contribution is -0.130. The summed E-state index contributed by atoms with van der Waals surface area (Å²) >= 11 is 0. The molecule has 2 amide bonds. The maximum atomic E-state index is 13.4. The molecule has 0 spiro atoms. The van der Waals surface area contributed by atoms with Gasteiger partial charge in [0.2, 0.25) is 5.91 Å². The molecule has 29 heavy (non-hydrogen) atoms. The van der Waals surface area contributed by atoms with Crippen LogP contribution in [0, 0.1) is 5.41 Å². The Morgan fingerprint density at radius 3 is 2.41 bits per heavy atom. The van der Waals surface area contributed by atoms with E-state index in [1.54, 1.807) is 14.0 Å². The lowest BCUT2D eigenvalue weighted by atomic mass is 9.74. The monoisotopic (exact) mass is 405 g/mol. The van der Waals surface area contributed by atoms with E-state index in [1.165, 1.54) is 0 Å². The molecule has 1 atom stereocenters. The Morgan fingerprint density at radius 1 is 1.14 bits per heavy atom. The van der Waals surface area contributed by atoms with Crippen LogP contribution < -0.4 is 10.6 Å². The first kappa shape index (κ1) is 23.4. The zero-order valence-corrected chi connectivity index (χ0v) is 19.3. The van der Waals surface area contributed by atoms with Crippen LogP contribution in [0.5, 0.6) is 0 Å². The van der Waals surface area contributed by atoms with Gasteiger partial charge in [-0.25, -0.2) is 4.98 Å². The molecule has 2 rings (SSSR count). The molecular weight excluding hydrogens is 366 g/mol. The Morgan fingerprint density at radius 2 is 1.83 bits per heavy atom. The van der Waals surface area contributed by atoms with Crippen LogP contribution in [-0.4, -0.2) is 52.4 Å². The molecule has 1 aliphatic heterocycles. The lowest BCUT2D eigenvalue weighted by Gasteiger charge is -2.40. The highest BCUT2D eigenvalue weighted by Crippen LogP contribution is 2.31. The van der Waals surface area contributed by atoms with Gasteiger partial charge < -0.3 is 20.1 Å². The molecule has 2 heterocycles. The lowest BCUT2D eigenvalue weighted by Crippen LogP contribution is -2.63. The summed E-state index contributed by atoms with van der Waals surface area (Å²) in [5, 5.41) is 5.72. The molecule has 0 unspecified atom stereocenters. The van der Waals surface area contributed by atoms with Gasteiger partial charge in [0, 0.05) is 26.6 Å². The van der Waals surface area contributed by atoms with Gasteiger partial charge in [0.15, 0.2) is 5.69 Å². The number of hydrogen-bond acceptors (Lipinski definition) is 4. The number of likely N-dealkylation sites (N-methyl/N-ethyl adjacent to an activating group) is 1. The standard InChI is InChI=1S/C22H39N5O2/c1-8-9-10-12-17-24-18(16-15-26(7)13-11-14-27(16)17)19(28)25-22(5,20(29)23-6)21(2,3)4/h8-15H2,1-7H3,(H,23,29)(H,25,28)/t22-/m0/s1. The Balaban J connectivity index is 2.41. The van der Waals surface area contributed by atoms with Crippen LogP contribution in [-0.2, 0) is 24.3 Å². The summed E-state index contributed by atoms with van der Waals surface area (Å²) in [5.74, 6) is 0.516. The number of hydrogen-bond donors (Lipinski definition) is 2. The van der Waals surface area contributed by atoms with Crippen molar-refractivity contribution in [1.82, 2.24) is 25.1 Å². The van der Waals surface area contributed by atoms with E-state index in [2.05, 4.69) is 34.1 Å². The first-order valence-corrected chi connectivity index (χ1v) is 10.9. The van der Waals surface area contributed by atoms with E-state index < -0.39 is 11.0 Å². The largest absolute Gasteiger partial charge is 0.357 e. The number of imidazole rings is 1. The summed E-state index contributed by atoms with van der Waals surface area (Å²) in [7, 11) is 3.67. The van der Waals surface area contributed by atoms with E-state index in [1.807, 2.05) is 20.8 Å². The molecule has 1 aromatic heterocycles. The third-order valence-corrected chi connectivity index (χ3v) is 6.26. The average molecular weight is 406 g/mol. The Hall–Kier alpha value is -1.89. The van der Waals surface area contributed by atoms with Gasteiger partial charge in [-0.05, 0) is 38.8 Å². The first-order valence-electron chi connectivity index (χ1n) is 10.9. The molecule has 164 valence electrons. The second kappa shape index (κ2) is 9.28. The zero-order chi connectivity index (χ0) is 21.8. The van der Waals surface area contributed by atoms with Crippen molar-refractivity contribution in [2.24, 2.45) is 5.41 Å². The molecule has 0 saturated carbocycles. The normalized spacial score (nSPS) is 17.2. The van der Waals surface area contributed by atoms with Crippen molar-refractivity contribution in [3.63, 3.8) is 0 Å². The third-order valence-electron chi connectivity index (χ3n) is 6.26. The smallest absolute Gasteiger partial charge is 0.272 e. The van der Waals surface area contributed by atoms with Crippen molar-refractivity contribution in [3.8, 4) is 0 Å². The van der Waals surface area contributed by atoms with Crippen LogP contribution >= 0.6 is 0 Å². The average Bonchev–Trinajstić information content (AvgIpc) is 2.85. The van der Waals surface area contributed by atoms with Gasteiger partial charge >= 0.3 is 0 Å². The predicted octanol–water partition coefficient (Wildman–Crippen LogP) is 2.73. The highest BCUT2D eigenvalue weighted by molar-refractivity contribution is 5.99. The fourth-order valence-corrected chi connectivity index (χ4v) is 3.82. The Labute approximate surface area is 175 Å². The van der Waals surface area contributed by atoms with E-state index >= 15 is 0 Å². The summed E-state index contributed by atoms with van der Waals surface area (Å²) in [6.45, 7) is 12.4. The SMILES string of the molecule is CCCCCc1nc(C(=O)N[C@@](C)(C(=O)NC)C(C)(C)C)c2n1CCCN(C)C2. The number of carbonyl (C=O) groups is 2. The fraction of sp³-hybridized carbons (Fsp3) is 0.773. The van der Waals surface area contributed by atoms with E-state index in [0.717, 1.165) is 56.7 Å². The molecule has 0 fully saturated rings. The van der Waals surface area contributed by atoms with Gasteiger partial charge in [-0.1, -0.05) is 40.5 Å². The highest BCUT2D eigenvalue weighted by atomic mass is 16.2. The minimum Gasteiger partial charge on any atom is -0.357 e. The topological polar surface area (TPSA) is 79.3 Å². The van der Waals surface area contributed by atoms with E-state index in [9.17, 15) is 9.59 Å².